The Hall–Kier alpha value is -0.900. The van der Waals surface area contributed by atoms with Crippen molar-refractivity contribution in [2.24, 2.45) is 5.73 Å². The van der Waals surface area contributed by atoms with E-state index in [1.54, 1.807) is 0 Å². The van der Waals surface area contributed by atoms with Gasteiger partial charge in [-0.25, -0.2) is 0 Å². The maximum absolute atomic E-state index is 6.16. The highest BCUT2D eigenvalue weighted by Crippen LogP contribution is 2.34. The summed E-state index contributed by atoms with van der Waals surface area (Å²) in [6.45, 7) is 2.00. The molecule has 72 valence electrons. The molecule has 0 spiro atoms. The second kappa shape index (κ2) is 3.10. The van der Waals surface area contributed by atoms with Gasteiger partial charge in [-0.3, -0.25) is 0 Å². The molecular weight excluding hydrogens is 166 g/mol. The van der Waals surface area contributed by atoms with Crippen molar-refractivity contribution < 1.29 is 4.52 Å². The summed E-state index contributed by atoms with van der Waals surface area (Å²) in [6.07, 6.45) is 5.09. The molecule has 1 aliphatic rings. The van der Waals surface area contributed by atoms with Gasteiger partial charge in [0.05, 0.1) is 5.54 Å². The van der Waals surface area contributed by atoms with Gasteiger partial charge in [0, 0.05) is 6.42 Å². The molecule has 1 saturated carbocycles. The predicted octanol–water partition coefficient (Wildman–Crippen LogP) is 1.36. The molecule has 1 aromatic rings. The van der Waals surface area contributed by atoms with Crippen molar-refractivity contribution in [2.75, 3.05) is 0 Å². The quantitative estimate of drug-likeness (QED) is 0.748. The van der Waals surface area contributed by atoms with Crippen molar-refractivity contribution in [3.63, 3.8) is 0 Å². The van der Waals surface area contributed by atoms with Gasteiger partial charge in [-0.05, 0) is 12.8 Å². The molecule has 0 bridgehead atoms. The zero-order valence-electron chi connectivity index (χ0n) is 7.92. The highest BCUT2D eigenvalue weighted by atomic mass is 16.5. The van der Waals surface area contributed by atoms with Crippen LogP contribution in [-0.4, -0.2) is 10.1 Å². The Kier molecular flexibility index (Phi) is 2.07. The lowest BCUT2D eigenvalue weighted by Gasteiger charge is -2.17. The second-order valence-corrected chi connectivity index (χ2v) is 3.73. The normalized spacial score (nSPS) is 20.8. The van der Waals surface area contributed by atoms with Crippen LogP contribution in [0.3, 0.4) is 0 Å². The van der Waals surface area contributed by atoms with Gasteiger partial charge in [0.2, 0.25) is 5.89 Å². The Morgan fingerprint density at radius 3 is 2.69 bits per heavy atom. The van der Waals surface area contributed by atoms with Gasteiger partial charge in [0.1, 0.15) is 0 Å². The van der Waals surface area contributed by atoms with E-state index in [1.165, 1.54) is 12.8 Å². The van der Waals surface area contributed by atoms with Gasteiger partial charge in [-0.2, -0.15) is 4.98 Å². The molecule has 1 aromatic heterocycles. The van der Waals surface area contributed by atoms with E-state index in [9.17, 15) is 0 Å². The Morgan fingerprint density at radius 1 is 1.46 bits per heavy atom. The highest BCUT2D eigenvalue weighted by Gasteiger charge is 2.35. The molecule has 0 aromatic carbocycles. The Morgan fingerprint density at radius 2 is 2.15 bits per heavy atom. The zero-order valence-corrected chi connectivity index (χ0v) is 7.92. The van der Waals surface area contributed by atoms with Crippen LogP contribution in [-0.2, 0) is 12.0 Å². The zero-order chi connectivity index (χ0) is 9.31. The fraction of sp³-hybridized carbons (Fsp3) is 0.778. The summed E-state index contributed by atoms with van der Waals surface area (Å²) in [5.41, 5.74) is 5.85. The van der Waals surface area contributed by atoms with E-state index in [2.05, 4.69) is 10.1 Å². The van der Waals surface area contributed by atoms with Crippen LogP contribution in [0.2, 0.25) is 0 Å². The first-order valence-corrected chi connectivity index (χ1v) is 4.86. The fourth-order valence-corrected chi connectivity index (χ4v) is 1.83. The monoisotopic (exact) mass is 181 g/mol. The molecular formula is C9H15N3O. The Bertz CT molecular complexity index is 289. The number of aryl methyl sites for hydroxylation is 1. The van der Waals surface area contributed by atoms with Crippen molar-refractivity contribution in [3.8, 4) is 0 Å². The minimum atomic E-state index is -0.309. The van der Waals surface area contributed by atoms with Crippen LogP contribution < -0.4 is 5.73 Å². The van der Waals surface area contributed by atoms with E-state index in [1.807, 2.05) is 6.92 Å². The molecule has 13 heavy (non-hydrogen) atoms. The summed E-state index contributed by atoms with van der Waals surface area (Å²) in [7, 11) is 0. The number of hydrogen-bond acceptors (Lipinski definition) is 4. The standard InChI is InChI=1S/C9H15N3O/c1-2-7-11-8(12-13-7)9(10)5-3-4-6-9/h2-6,10H2,1H3. The first-order chi connectivity index (χ1) is 6.24. The lowest BCUT2D eigenvalue weighted by Crippen LogP contribution is -2.34. The van der Waals surface area contributed by atoms with Crippen LogP contribution in [0, 0.1) is 0 Å². The molecule has 0 radical (unpaired) electrons. The van der Waals surface area contributed by atoms with E-state index >= 15 is 0 Å². The number of aromatic nitrogens is 2. The van der Waals surface area contributed by atoms with Crippen molar-refractivity contribution in [1.82, 2.24) is 10.1 Å². The lowest BCUT2D eigenvalue weighted by atomic mass is 9.99. The molecule has 4 heteroatoms. The smallest absolute Gasteiger partial charge is 0.226 e. The molecule has 4 nitrogen and oxygen atoms in total. The molecule has 2 rings (SSSR count). The van der Waals surface area contributed by atoms with E-state index in [4.69, 9.17) is 10.3 Å². The fourth-order valence-electron chi connectivity index (χ4n) is 1.83. The molecule has 0 atom stereocenters. The maximum Gasteiger partial charge on any atom is 0.226 e. The van der Waals surface area contributed by atoms with Gasteiger partial charge in [-0.1, -0.05) is 24.9 Å². The SMILES string of the molecule is CCc1nc(C2(N)CCCC2)no1. The van der Waals surface area contributed by atoms with Crippen LogP contribution in [0.15, 0.2) is 4.52 Å². The number of nitrogens with two attached hydrogens (primary N) is 1. The Balaban J connectivity index is 2.23. The second-order valence-electron chi connectivity index (χ2n) is 3.73. The van der Waals surface area contributed by atoms with Gasteiger partial charge < -0.3 is 10.3 Å². The van der Waals surface area contributed by atoms with E-state index < -0.39 is 0 Å². The number of rotatable bonds is 2. The molecule has 0 unspecified atom stereocenters. The third-order valence-corrected chi connectivity index (χ3v) is 2.71. The number of nitrogens with zero attached hydrogens (tertiary/aromatic N) is 2. The van der Waals surface area contributed by atoms with Crippen molar-refractivity contribution in [3.05, 3.63) is 11.7 Å². The minimum Gasteiger partial charge on any atom is -0.339 e. The van der Waals surface area contributed by atoms with Gasteiger partial charge in [-0.15, -0.1) is 0 Å². The summed E-state index contributed by atoms with van der Waals surface area (Å²) in [5.74, 6) is 1.38. The Labute approximate surface area is 77.5 Å². The first-order valence-electron chi connectivity index (χ1n) is 4.86. The summed E-state index contributed by atoms with van der Waals surface area (Å²) in [6, 6.07) is 0. The van der Waals surface area contributed by atoms with Crippen LogP contribution in [0.5, 0.6) is 0 Å². The van der Waals surface area contributed by atoms with Gasteiger partial charge in [0.25, 0.3) is 0 Å². The van der Waals surface area contributed by atoms with Crippen LogP contribution >= 0.6 is 0 Å². The summed E-state index contributed by atoms with van der Waals surface area (Å²) in [5, 5.41) is 3.93. The van der Waals surface area contributed by atoms with Crippen molar-refractivity contribution >= 4 is 0 Å². The van der Waals surface area contributed by atoms with E-state index in [-0.39, 0.29) is 5.54 Å². The predicted molar refractivity (Wildman–Crippen MR) is 48.0 cm³/mol. The molecule has 1 fully saturated rings. The largest absolute Gasteiger partial charge is 0.339 e. The topological polar surface area (TPSA) is 64.9 Å². The first kappa shape index (κ1) is 8.69. The highest BCUT2D eigenvalue weighted by molar-refractivity contribution is 5.06. The average molecular weight is 181 g/mol. The van der Waals surface area contributed by atoms with E-state index in [0.717, 1.165) is 19.3 Å². The molecule has 1 aliphatic carbocycles. The third kappa shape index (κ3) is 1.46. The summed E-state index contributed by atoms with van der Waals surface area (Å²) < 4.78 is 5.05. The number of hydrogen-bond donors (Lipinski definition) is 1. The summed E-state index contributed by atoms with van der Waals surface area (Å²) in [4.78, 5) is 4.28. The van der Waals surface area contributed by atoms with E-state index in [0.29, 0.717) is 11.7 Å². The maximum atomic E-state index is 6.16. The van der Waals surface area contributed by atoms with Crippen LogP contribution in [0.4, 0.5) is 0 Å². The third-order valence-electron chi connectivity index (χ3n) is 2.71. The molecule has 1 heterocycles. The van der Waals surface area contributed by atoms with Crippen molar-refractivity contribution in [1.29, 1.82) is 0 Å². The minimum absolute atomic E-state index is 0.309. The van der Waals surface area contributed by atoms with Gasteiger partial charge in [0.15, 0.2) is 5.82 Å². The molecule has 0 amide bonds. The van der Waals surface area contributed by atoms with Crippen LogP contribution in [0.25, 0.3) is 0 Å². The van der Waals surface area contributed by atoms with Crippen LogP contribution in [0.1, 0.15) is 44.3 Å². The average Bonchev–Trinajstić information content (AvgIpc) is 2.72. The molecule has 2 N–H and O–H groups in total. The van der Waals surface area contributed by atoms with Gasteiger partial charge >= 0.3 is 0 Å². The molecule has 0 saturated heterocycles. The van der Waals surface area contributed by atoms with Crippen molar-refractivity contribution in [2.45, 2.75) is 44.6 Å². The molecule has 0 aliphatic heterocycles. The summed E-state index contributed by atoms with van der Waals surface area (Å²) >= 11 is 0. The lowest BCUT2D eigenvalue weighted by molar-refractivity contribution is 0.350.